The molecule has 0 saturated carbocycles. The van der Waals surface area contributed by atoms with E-state index in [0.717, 1.165) is 37.1 Å². The first-order valence-electron chi connectivity index (χ1n) is 7.22. The molecule has 7 heteroatoms. The molecule has 0 spiro atoms. The van der Waals surface area contributed by atoms with E-state index < -0.39 is 0 Å². The summed E-state index contributed by atoms with van der Waals surface area (Å²) < 4.78 is 0.767. The van der Waals surface area contributed by atoms with Crippen molar-refractivity contribution in [2.24, 2.45) is 5.84 Å². The van der Waals surface area contributed by atoms with Crippen molar-refractivity contribution in [1.29, 1.82) is 0 Å². The lowest BCUT2D eigenvalue weighted by Gasteiger charge is -2.38. The van der Waals surface area contributed by atoms with E-state index in [1.165, 1.54) is 0 Å². The maximum atomic E-state index is 12.6. The fourth-order valence-corrected chi connectivity index (χ4v) is 2.84. The van der Waals surface area contributed by atoms with Gasteiger partial charge in [0.25, 0.3) is 5.91 Å². The summed E-state index contributed by atoms with van der Waals surface area (Å²) in [5, 5.41) is 0. The van der Waals surface area contributed by atoms with Crippen LogP contribution >= 0.6 is 15.9 Å². The molecular weight excluding hydrogens is 334 g/mol. The number of carbonyl (C=O) groups is 1. The molecule has 1 fully saturated rings. The number of nitrogens with one attached hydrogen (secondary N) is 1. The van der Waals surface area contributed by atoms with E-state index >= 15 is 0 Å². The lowest BCUT2D eigenvalue weighted by molar-refractivity contribution is 0.0580. The second-order valence-electron chi connectivity index (χ2n) is 5.28. The molecule has 0 aliphatic carbocycles. The molecule has 2 heterocycles. The Bertz CT molecular complexity index is 502. The first-order valence-corrected chi connectivity index (χ1v) is 8.01. The number of hydrogen-bond donors (Lipinski definition) is 2. The van der Waals surface area contributed by atoms with Crippen molar-refractivity contribution in [1.82, 2.24) is 14.8 Å². The van der Waals surface area contributed by atoms with Crippen LogP contribution in [0.15, 0.2) is 16.7 Å². The van der Waals surface area contributed by atoms with E-state index in [4.69, 9.17) is 5.84 Å². The zero-order chi connectivity index (χ0) is 15.4. The number of aromatic nitrogens is 1. The zero-order valence-corrected chi connectivity index (χ0v) is 14.1. The van der Waals surface area contributed by atoms with Crippen molar-refractivity contribution in [2.75, 3.05) is 31.6 Å². The van der Waals surface area contributed by atoms with Gasteiger partial charge in [-0.05, 0) is 35.3 Å². The molecule has 21 heavy (non-hydrogen) atoms. The van der Waals surface area contributed by atoms with Crippen molar-refractivity contribution in [3.63, 3.8) is 0 Å². The lowest BCUT2D eigenvalue weighted by Crippen LogP contribution is -2.51. The Morgan fingerprint density at radius 2 is 2.14 bits per heavy atom. The predicted octanol–water partition coefficient (Wildman–Crippen LogP) is 1.69. The Balaban J connectivity index is 2.07. The number of hydrogen-bond acceptors (Lipinski definition) is 5. The smallest absolute Gasteiger partial charge is 0.257 e. The summed E-state index contributed by atoms with van der Waals surface area (Å²) in [5.74, 6) is 5.82. The summed E-state index contributed by atoms with van der Waals surface area (Å²) in [4.78, 5) is 21.0. The Morgan fingerprint density at radius 1 is 1.48 bits per heavy atom. The molecule has 0 radical (unpaired) electrons. The van der Waals surface area contributed by atoms with Crippen LogP contribution < -0.4 is 11.3 Å². The van der Waals surface area contributed by atoms with Gasteiger partial charge in [-0.1, -0.05) is 6.92 Å². The second-order valence-corrected chi connectivity index (χ2v) is 6.20. The maximum absolute atomic E-state index is 12.6. The molecule has 1 aliphatic heterocycles. The van der Waals surface area contributed by atoms with Crippen molar-refractivity contribution >= 4 is 27.7 Å². The van der Waals surface area contributed by atoms with Gasteiger partial charge in [-0.25, -0.2) is 10.8 Å². The highest BCUT2D eigenvalue weighted by Gasteiger charge is 2.25. The van der Waals surface area contributed by atoms with Gasteiger partial charge in [-0.15, -0.1) is 0 Å². The molecule has 6 nitrogen and oxygen atoms in total. The number of rotatable bonds is 4. The molecule has 1 unspecified atom stereocenters. The van der Waals surface area contributed by atoms with Gasteiger partial charge in [-0.2, -0.15) is 0 Å². The monoisotopic (exact) mass is 355 g/mol. The highest BCUT2D eigenvalue weighted by Crippen LogP contribution is 2.20. The Hall–Kier alpha value is -1.18. The predicted molar refractivity (Wildman–Crippen MR) is 87.0 cm³/mol. The van der Waals surface area contributed by atoms with Gasteiger partial charge < -0.3 is 10.3 Å². The van der Waals surface area contributed by atoms with Gasteiger partial charge in [0.15, 0.2) is 5.82 Å². The molecule has 1 aliphatic rings. The SMILES string of the molecule is CCC(C)N1CCN(C(=O)c2cc(Br)cnc2NN)CC1. The molecule has 1 aromatic heterocycles. The highest BCUT2D eigenvalue weighted by molar-refractivity contribution is 9.10. The minimum absolute atomic E-state index is 0.0273. The van der Waals surface area contributed by atoms with Gasteiger partial charge in [-0.3, -0.25) is 9.69 Å². The Kier molecular flexibility index (Phi) is 5.55. The molecule has 116 valence electrons. The van der Waals surface area contributed by atoms with E-state index in [1.807, 2.05) is 4.90 Å². The molecule has 1 aromatic rings. The highest BCUT2D eigenvalue weighted by atomic mass is 79.9. The van der Waals surface area contributed by atoms with Crippen LogP contribution in [-0.2, 0) is 0 Å². The van der Waals surface area contributed by atoms with E-state index in [0.29, 0.717) is 17.4 Å². The van der Waals surface area contributed by atoms with E-state index in [1.54, 1.807) is 12.3 Å². The third-order valence-electron chi connectivity index (χ3n) is 4.04. The number of piperazine rings is 1. The summed E-state index contributed by atoms with van der Waals surface area (Å²) in [7, 11) is 0. The van der Waals surface area contributed by atoms with Crippen LogP contribution in [0.1, 0.15) is 30.6 Å². The van der Waals surface area contributed by atoms with Gasteiger partial charge in [0.05, 0.1) is 5.56 Å². The molecule has 3 N–H and O–H groups in total. The number of carbonyl (C=O) groups excluding carboxylic acids is 1. The van der Waals surface area contributed by atoms with Gasteiger partial charge in [0, 0.05) is 42.9 Å². The number of anilines is 1. The fraction of sp³-hybridized carbons (Fsp3) is 0.571. The summed E-state index contributed by atoms with van der Waals surface area (Å²) >= 11 is 3.35. The van der Waals surface area contributed by atoms with Crippen molar-refractivity contribution < 1.29 is 4.79 Å². The topological polar surface area (TPSA) is 74.5 Å². The fourth-order valence-electron chi connectivity index (χ4n) is 2.51. The molecular formula is C14H22BrN5O. The maximum Gasteiger partial charge on any atom is 0.257 e. The summed E-state index contributed by atoms with van der Waals surface area (Å²) in [6.45, 7) is 7.71. The number of nitrogens with zero attached hydrogens (tertiary/aromatic N) is 3. The van der Waals surface area contributed by atoms with Crippen LogP contribution in [0.5, 0.6) is 0 Å². The quantitative estimate of drug-likeness (QED) is 0.634. The standard InChI is InChI=1S/C14H22BrN5O/c1-3-10(2)19-4-6-20(7-5-19)14(21)12-8-11(15)9-17-13(12)18-16/h8-10H,3-7,16H2,1-2H3,(H,17,18). The van der Waals surface area contributed by atoms with Gasteiger partial charge >= 0.3 is 0 Å². The van der Waals surface area contributed by atoms with Crippen LogP contribution in [0.4, 0.5) is 5.82 Å². The summed E-state index contributed by atoms with van der Waals surface area (Å²) in [5.41, 5.74) is 2.99. The average molecular weight is 356 g/mol. The second kappa shape index (κ2) is 7.20. The number of nitrogen functional groups attached to an aromatic ring is 1. The summed E-state index contributed by atoms with van der Waals surface area (Å²) in [6, 6.07) is 2.32. The van der Waals surface area contributed by atoms with E-state index in [9.17, 15) is 4.79 Å². The zero-order valence-electron chi connectivity index (χ0n) is 12.5. The number of halogens is 1. The minimum atomic E-state index is -0.0273. The number of hydrazine groups is 1. The lowest BCUT2D eigenvalue weighted by atomic mass is 10.1. The summed E-state index contributed by atoms with van der Waals surface area (Å²) in [6.07, 6.45) is 2.75. The van der Waals surface area contributed by atoms with Crippen LogP contribution in [-0.4, -0.2) is 52.9 Å². The molecule has 0 aromatic carbocycles. The van der Waals surface area contributed by atoms with Crippen molar-refractivity contribution in [2.45, 2.75) is 26.3 Å². The average Bonchev–Trinajstić information content (AvgIpc) is 2.53. The number of amides is 1. The molecule has 2 rings (SSSR count). The van der Waals surface area contributed by atoms with Crippen LogP contribution in [0, 0.1) is 0 Å². The largest absolute Gasteiger partial charge is 0.336 e. The first kappa shape index (κ1) is 16.2. The first-order chi connectivity index (χ1) is 10.1. The number of nitrogens with two attached hydrogens (primary N) is 1. The third kappa shape index (κ3) is 3.72. The van der Waals surface area contributed by atoms with Crippen LogP contribution in [0.25, 0.3) is 0 Å². The molecule has 1 saturated heterocycles. The van der Waals surface area contributed by atoms with Gasteiger partial charge in [0.1, 0.15) is 0 Å². The van der Waals surface area contributed by atoms with Crippen LogP contribution in [0.3, 0.4) is 0 Å². The Morgan fingerprint density at radius 3 is 2.71 bits per heavy atom. The van der Waals surface area contributed by atoms with Gasteiger partial charge in [0.2, 0.25) is 0 Å². The minimum Gasteiger partial charge on any atom is -0.336 e. The third-order valence-corrected chi connectivity index (χ3v) is 4.47. The Labute approximate surface area is 133 Å². The van der Waals surface area contributed by atoms with E-state index in [2.05, 4.69) is 45.1 Å². The van der Waals surface area contributed by atoms with Crippen molar-refractivity contribution in [3.05, 3.63) is 22.3 Å². The van der Waals surface area contributed by atoms with Crippen LogP contribution in [0.2, 0.25) is 0 Å². The molecule has 0 bridgehead atoms. The van der Waals surface area contributed by atoms with Crippen molar-refractivity contribution in [3.8, 4) is 0 Å². The molecule has 1 amide bonds. The molecule has 1 atom stereocenters. The normalized spacial score (nSPS) is 17.6. The number of pyridine rings is 1. The van der Waals surface area contributed by atoms with E-state index in [-0.39, 0.29) is 5.91 Å².